The largest absolute Gasteiger partial charge is 0.481 e. The van der Waals surface area contributed by atoms with Gasteiger partial charge in [-0.1, -0.05) is 0 Å². The van der Waals surface area contributed by atoms with Crippen molar-refractivity contribution in [3.63, 3.8) is 0 Å². The molecule has 0 aromatic heterocycles. The van der Waals surface area contributed by atoms with Gasteiger partial charge in [0.25, 0.3) is 0 Å². The average molecular weight is 313 g/mol. The van der Waals surface area contributed by atoms with Gasteiger partial charge in [-0.05, 0) is 24.9 Å². The van der Waals surface area contributed by atoms with Crippen LogP contribution >= 0.6 is 19.1 Å². The van der Waals surface area contributed by atoms with Crippen molar-refractivity contribution in [2.45, 2.75) is 25.0 Å². The van der Waals surface area contributed by atoms with Crippen molar-refractivity contribution < 1.29 is 29.3 Å². The molecule has 0 spiro atoms. The highest BCUT2D eigenvalue weighted by Crippen LogP contribution is 2.48. The predicted molar refractivity (Wildman–Crippen MR) is 73.7 cm³/mol. The first-order valence-electron chi connectivity index (χ1n) is 5.73. The van der Waals surface area contributed by atoms with Gasteiger partial charge in [-0.25, -0.2) is 0 Å². The van der Waals surface area contributed by atoms with E-state index in [-0.39, 0.29) is 12.6 Å². The monoisotopic (exact) mass is 313 g/mol. The molecule has 3 atom stereocenters. The van der Waals surface area contributed by atoms with Crippen molar-refractivity contribution in [3.8, 4) is 0 Å². The minimum atomic E-state index is -3.79. The van der Waals surface area contributed by atoms with Gasteiger partial charge in [0.15, 0.2) is 0 Å². The fourth-order valence-corrected chi connectivity index (χ4v) is 3.98. The van der Waals surface area contributed by atoms with Gasteiger partial charge in [0.05, 0.1) is 11.7 Å². The van der Waals surface area contributed by atoms with Crippen LogP contribution in [0.25, 0.3) is 0 Å². The SMILES string of the molecule is CSCCCP(=O)(O)C(N)C(CCC(=O)O)C(=O)O. The van der Waals surface area contributed by atoms with E-state index in [1.54, 1.807) is 0 Å². The maximum absolute atomic E-state index is 12.0. The molecule has 0 amide bonds. The van der Waals surface area contributed by atoms with Crippen LogP contribution in [0.15, 0.2) is 0 Å². The molecule has 0 saturated heterocycles. The minimum absolute atomic E-state index is 0.0497. The third kappa shape index (κ3) is 6.96. The number of nitrogens with two attached hydrogens (primary N) is 1. The zero-order valence-corrected chi connectivity index (χ0v) is 12.4. The lowest BCUT2D eigenvalue weighted by molar-refractivity contribution is -0.143. The number of rotatable bonds is 10. The van der Waals surface area contributed by atoms with Gasteiger partial charge >= 0.3 is 11.9 Å². The van der Waals surface area contributed by atoms with Crippen molar-refractivity contribution in [2.75, 3.05) is 18.2 Å². The summed E-state index contributed by atoms with van der Waals surface area (Å²) in [6, 6.07) is 0. The van der Waals surface area contributed by atoms with E-state index in [2.05, 4.69) is 0 Å². The van der Waals surface area contributed by atoms with E-state index in [1.807, 2.05) is 6.26 Å². The summed E-state index contributed by atoms with van der Waals surface area (Å²) in [5, 5.41) is 17.5. The molecule has 0 aliphatic rings. The van der Waals surface area contributed by atoms with Gasteiger partial charge in [-0.2, -0.15) is 11.8 Å². The Morgan fingerprint density at radius 2 is 1.95 bits per heavy atom. The molecule has 0 aliphatic carbocycles. The molecule has 5 N–H and O–H groups in total. The Bertz CT molecular complexity index is 364. The molecular formula is C10H20NO6PS. The first-order chi connectivity index (χ1) is 8.72. The molecule has 0 aliphatic heterocycles. The Hall–Kier alpha value is -0.560. The van der Waals surface area contributed by atoms with E-state index < -0.39 is 37.4 Å². The highest BCUT2D eigenvalue weighted by molar-refractivity contribution is 7.98. The Morgan fingerprint density at radius 3 is 2.37 bits per heavy atom. The highest BCUT2D eigenvalue weighted by Gasteiger charge is 2.37. The second-order valence-electron chi connectivity index (χ2n) is 4.19. The molecule has 0 radical (unpaired) electrons. The summed E-state index contributed by atoms with van der Waals surface area (Å²) < 4.78 is 12.0. The smallest absolute Gasteiger partial charge is 0.308 e. The molecule has 112 valence electrons. The number of carboxylic acids is 2. The minimum Gasteiger partial charge on any atom is -0.481 e. The van der Waals surface area contributed by atoms with E-state index in [9.17, 15) is 19.0 Å². The van der Waals surface area contributed by atoms with Gasteiger partial charge in [-0.3, -0.25) is 14.2 Å². The van der Waals surface area contributed by atoms with E-state index in [0.717, 1.165) is 0 Å². The molecule has 0 bridgehead atoms. The molecule has 0 aromatic rings. The van der Waals surface area contributed by atoms with Gasteiger partial charge in [0, 0.05) is 12.6 Å². The summed E-state index contributed by atoms with van der Waals surface area (Å²) in [6.07, 6.45) is 1.63. The molecule has 0 saturated carbocycles. The fraction of sp³-hybridized carbons (Fsp3) is 0.800. The number of thioether (sulfide) groups is 1. The van der Waals surface area contributed by atoms with Crippen LogP contribution in [-0.2, 0) is 14.2 Å². The van der Waals surface area contributed by atoms with Crippen molar-refractivity contribution in [3.05, 3.63) is 0 Å². The van der Waals surface area contributed by atoms with E-state index in [1.165, 1.54) is 11.8 Å². The third-order valence-corrected chi connectivity index (χ3v) is 5.64. The lowest BCUT2D eigenvalue weighted by Crippen LogP contribution is -2.36. The zero-order chi connectivity index (χ0) is 15.1. The van der Waals surface area contributed by atoms with Crippen LogP contribution in [0.3, 0.4) is 0 Å². The van der Waals surface area contributed by atoms with Crippen LogP contribution in [0.1, 0.15) is 19.3 Å². The molecule has 9 heteroatoms. The Kier molecular flexibility index (Phi) is 8.33. The summed E-state index contributed by atoms with van der Waals surface area (Å²) in [7, 11) is -3.79. The average Bonchev–Trinajstić information content (AvgIpc) is 2.28. The first kappa shape index (κ1) is 18.4. The maximum atomic E-state index is 12.0. The first-order valence-corrected chi connectivity index (χ1v) is 9.03. The quantitative estimate of drug-likeness (QED) is 0.344. The number of carboxylic acid groups (broad SMARTS) is 2. The van der Waals surface area contributed by atoms with Gasteiger partial charge < -0.3 is 20.8 Å². The molecule has 19 heavy (non-hydrogen) atoms. The highest BCUT2D eigenvalue weighted by atomic mass is 32.2. The molecule has 0 aromatic carbocycles. The molecule has 0 fully saturated rings. The molecule has 0 rings (SSSR count). The molecule has 0 heterocycles. The second-order valence-corrected chi connectivity index (χ2v) is 7.73. The maximum Gasteiger partial charge on any atom is 0.308 e. The van der Waals surface area contributed by atoms with Crippen molar-refractivity contribution in [2.24, 2.45) is 11.7 Å². The van der Waals surface area contributed by atoms with Gasteiger partial charge in [0.2, 0.25) is 7.37 Å². The molecule has 3 unspecified atom stereocenters. The number of carbonyl (C=O) groups is 2. The zero-order valence-electron chi connectivity index (χ0n) is 10.7. The van der Waals surface area contributed by atoms with Crippen LogP contribution in [0, 0.1) is 5.92 Å². The van der Waals surface area contributed by atoms with Gasteiger partial charge in [-0.15, -0.1) is 0 Å². The summed E-state index contributed by atoms with van der Waals surface area (Å²) >= 11 is 1.52. The lowest BCUT2D eigenvalue weighted by atomic mass is 10.0. The second kappa shape index (κ2) is 8.58. The summed E-state index contributed by atoms with van der Waals surface area (Å²) in [5.74, 6) is -4.56. The lowest BCUT2D eigenvalue weighted by Gasteiger charge is -2.24. The van der Waals surface area contributed by atoms with Crippen molar-refractivity contribution in [1.82, 2.24) is 0 Å². The summed E-state index contributed by atoms with van der Waals surface area (Å²) in [4.78, 5) is 31.3. The van der Waals surface area contributed by atoms with Crippen LogP contribution in [-0.4, -0.2) is 51.0 Å². The summed E-state index contributed by atoms with van der Waals surface area (Å²) in [6.45, 7) is 0. The number of hydrogen-bond acceptors (Lipinski definition) is 5. The fourth-order valence-electron chi connectivity index (χ4n) is 1.58. The standard InChI is InChI=1S/C10H20NO6PS/c1-19-6-2-5-18(16,17)9(11)7(10(14)15)3-4-8(12)13/h7,9H,2-6,11H2,1H3,(H,12,13)(H,14,15)(H,16,17). The van der Waals surface area contributed by atoms with Crippen LogP contribution in [0.5, 0.6) is 0 Å². The Morgan fingerprint density at radius 1 is 1.37 bits per heavy atom. The van der Waals surface area contributed by atoms with E-state index in [4.69, 9.17) is 15.9 Å². The van der Waals surface area contributed by atoms with Gasteiger partial charge in [0.1, 0.15) is 0 Å². The number of hydrogen-bond donors (Lipinski definition) is 4. The predicted octanol–water partition coefficient (Wildman–Crippen LogP) is 0.860. The van der Waals surface area contributed by atoms with E-state index >= 15 is 0 Å². The van der Waals surface area contributed by atoms with Crippen molar-refractivity contribution in [1.29, 1.82) is 0 Å². The van der Waals surface area contributed by atoms with Crippen molar-refractivity contribution >= 4 is 31.1 Å². The Balaban J connectivity index is 4.67. The topological polar surface area (TPSA) is 138 Å². The molecular weight excluding hydrogens is 293 g/mol. The van der Waals surface area contributed by atoms with E-state index in [0.29, 0.717) is 12.2 Å². The normalized spacial score (nSPS) is 17.4. The number of aliphatic carboxylic acids is 2. The van der Waals surface area contributed by atoms with Crippen LogP contribution in [0.2, 0.25) is 0 Å². The van der Waals surface area contributed by atoms with Crippen LogP contribution < -0.4 is 5.73 Å². The summed E-state index contributed by atoms with van der Waals surface area (Å²) in [5.41, 5.74) is 5.57. The van der Waals surface area contributed by atoms with Crippen LogP contribution in [0.4, 0.5) is 0 Å². The Labute approximate surface area is 116 Å². The molecule has 7 nitrogen and oxygen atoms in total. The third-order valence-electron chi connectivity index (χ3n) is 2.69.